The Bertz CT molecular complexity index is 582. The average Bonchev–Trinajstić information content (AvgIpc) is 2.33. The van der Waals surface area contributed by atoms with Crippen LogP contribution in [0.5, 0.6) is 0 Å². The van der Waals surface area contributed by atoms with Crippen molar-refractivity contribution in [3.05, 3.63) is 29.3 Å². The zero-order valence-electron chi connectivity index (χ0n) is 11.3. The molecule has 112 valence electrons. The van der Waals surface area contributed by atoms with Crippen molar-refractivity contribution in [2.45, 2.75) is 24.3 Å². The van der Waals surface area contributed by atoms with Gasteiger partial charge in [-0.05, 0) is 32.0 Å². The van der Waals surface area contributed by atoms with E-state index >= 15 is 0 Å². The van der Waals surface area contributed by atoms with E-state index in [2.05, 4.69) is 10.0 Å². The Morgan fingerprint density at radius 3 is 2.55 bits per heavy atom. The van der Waals surface area contributed by atoms with Crippen LogP contribution in [0.15, 0.2) is 29.2 Å². The van der Waals surface area contributed by atoms with Gasteiger partial charge in [-0.1, -0.05) is 17.7 Å². The van der Waals surface area contributed by atoms with Gasteiger partial charge in [0.05, 0.1) is 10.4 Å². The molecule has 0 fully saturated rings. The lowest BCUT2D eigenvalue weighted by Crippen LogP contribution is -2.50. The average molecular weight is 320 g/mol. The molecule has 1 aromatic rings. The summed E-state index contributed by atoms with van der Waals surface area (Å²) in [7, 11) is -3.63. The molecule has 0 atom stereocenters. The quantitative estimate of drug-likeness (QED) is 0.663. The fourth-order valence-electron chi connectivity index (χ4n) is 1.31. The fraction of sp³-hybridized carbons (Fsp3) is 0.417. The van der Waals surface area contributed by atoms with Crippen LogP contribution in [-0.2, 0) is 14.8 Å². The molecule has 0 heterocycles. The predicted molar refractivity (Wildman–Crippen MR) is 77.9 cm³/mol. The van der Waals surface area contributed by atoms with Gasteiger partial charge in [-0.15, -0.1) is 0 Å². The van der Waals surface area contributed by atoms with E-state index in [1.54, 1.807) is 26.0 Å². The van der Waals surface area contributed by atoms with Crippen molar-refractivity contribution in [3.63, 3.8) is 0 Å². The lowest BCUT2D eigenvalue weighted by Gasteiger charge is -2.17. The topological polar surface area (TPSA) is 101 Å². The van der Waals surface area contributed by atoms with Crippen LogP contribution < -0.4 is 15.8 Å². The first-order valence-electron chi connectivity index (χ1n) is 5.95. The van der Waals surface area contributed by atoms with E-state index in [0.29, 0.717) is 5.02 Å². The Morgan fingerprint density at radius 1 is 1.35 bits per heavy atom. The van der Waals surface area contributed by atoms with Crippen LogP contribution in [-0.4, -0.2) is 33.0 Å². The van der Waals surface area contributed by atoms with Crippen LogP contribution in [0.1, 0.15) is 13.8 Å². The summed E-state index contributed by atoms with van der Waals surface area (Å²) in [5.41, 5.74) is 4.60. The van der Waals surface area contributed by atoms with Gasteiger partial charge in [0.15, 0.2) is 0 Å². The Morgan fingerprint density at radius 2 is 2.00 bits per heavy atom. The van der Waals surface area contributed by atoms with E-state index in [1.807, 2.05) is 0 Å². The maximum Gasteiger partial charge on any atom is 0.240 e. The predicted octanol–water partition coefficient (Wildman–Crippen LogP) is 0.472. The van der Waals surface area contributed by atoms with Crippen molar-refractivity contribution in [2.24, 2.45) is 5.73 Å². The highest BCUT2D eigenvalue weighted by Gasteiger charge is 2.21. The molecule has 0 aliphatic heterocycles. The first-order valence-corrected chi connectivity index (χ1v) is 7.81. The Labute approximate surface area is 123 Å². The van der Waals surface area contributed by atoms with Gasteiger partial charge in [-0.3, -0.25) is 4.79 Å². The first kappa shape index (κ1) is 16.9. The number of rotatable bonds is 6. The van der Waals surface area contributed by atoms with Crippen LogP contribution in [0, 0.1) is 0 Å². The monoisotopic (exact) mass is 319 g/mol. The zero-order valence-corrected chi connectivity index (χ0v) is 12.9. The molecule has 20 heavy (non-hydrogen) atoms. The summed E-state index contributed by atoms with van der Waals surface area (Å²) in [6.45, 7) is 3.35. The molecule has 0 aliphatic rings. The van der Waals surface area contributed by atoms with Crippen LogP contribution >= 0.6 is 11.6 Å². The van der Waals surface area contributed by atoms with Gasteiger partial charge >= 0.3 is 0 Å². The molecular formula is C12H18ClN3O3S. The number of amides is 1. The molecule has 0 saturated carbocycles. The van der Waals surface area contributed by atoms with Crippen LogP contribution in [0.2, 0.25) is 5.02 Å². The van der Waals surface area contributed by atoms with Gasteiger partial charge < -0.3 is 11.1 Å². The second kappa shape index (κ2) is 6.53. The summed E-state index contributed by atoms with van der Waals surface area (Å²) < 4.78 is 26.2. The van der Waals surface area contributed by atoms with Gasteiger partial charge in [0, 0.05) is 18.1 Å². The highest BCUT2D eigenvalue weighted by atomic mass is 35.5. The van der Waals surface area contributed by atoms with E-state index in [0.717, 1.165) is 0 Å². The van der Waals surface area contributed by atoms with Crippen molar-refractivity contribution in [2.75, 3.05) is 13.1 Å². The number of hydrogen-bond acceptors (Lipinski definition) is 4. The van der Waals surface area contributed by atoms with Crippen molar-refractivity contribution < 1.29 is 13.2 Å². The molecule has 4 N–H and O–H groups in total. The summed E-state index contributed by atoms with van der Waals surface area (Å²) in [4.78, 5) is 11.6. The molecule has 1 aromatic carbocycles. The van der Waals surface area contributed by atoms with E-state index in [9.17, 15) is 13.2 Å². The van der Waals surface area contributed by atoms with E-state index in [1.165, 1.54) is 12.1 Å². The van der Waals surface area contributed by atoms with Crippen molar-refractivity contribution in [1.29, 1.82) is 0 Å². The number of carbonyl (C=O) groups is 1. The highest BCUT2D eigenvalue weighted by molar-refractivity contribution is 7.89. The maximum atomic E-state index is 11.9. The van der Waals surface area contributed by atoms with Crippen molar-refractivity contribution in [1.82, 2.24) is 10.0 Å². The van der Waals surface area contributed by atoms with Gasteiger partial charge in [-0.25, -0.2) is 13.1 Å². The second-order valence-corrected chi connectivity index (χ2v) is 7.04. The molecule has 8 heteroatoms. The number of nitrogens with one attached hydrogen (secondary N) is 2. The first-order chi connectivity index (χ1) is 9.13. The lowest BCUT2D eigenvalue weighted by molar-refractivity contribution is -0.125. The fourth-order valence-corrected chi connectivity index (χ4v) is 2.64. The van der Waals surface area contributed by atoms with Gasteiger partial charge in [-0.2, -0.15) is 0 Å². The van der Waals surface area contributed by atoms with E-state index in [-0.39, 0.29) is 23.9 Å². The van der Waals surface area contributed by atoms with E-state index in [4.69, 9.17) is 17.3 Å². The number of benzene rings is 1. The third-order valence-corrected chi connectivity index (χ3v) is 4.09. The van der Waals surface area contributed by atoms with Crippen LogP contribution in [0.25, 0.3) is 0 Å². The molecule has 0 aliphatic carbocycles. The summed E-state index contributed by atoms with van der Waals surface area (Å²) in [6.07, 6.45) is 0. The number of carbonyl (C=O) groups excluding carboxylic acids is 1. The van der Waals surface area contributed by atoms with E-state index < -0.39 is 15.6 Å². The summed E-state index contributed by atoms with van der Waals surface area (Å²) >= 11 is 5.74. The number of sulfonamides is 1. The SMILES string of the molecule is CC(C)(N)C(=O)NCCNS(=O)(=O)c1cccc(Cl)c1. The Hall–Kier alpha value is -1.15. The Balaban J connectivity index is 2.52. The number of hydrogen-bond donors (Lipinski definition) is 3. The minimum absolute atomic E-state index is 0.0661. The zero-order chi connectivity index (χ0) is 15.4. The molecule has 0 aromatic heterocycles. The number of halogens is 1. The van der Waals surface area contributed by atoms with Gasteiger partial charge in [0.25, 0.3) is 0 Å². The molecule has 0 radical (unpaired) electrons. The van der Waals surface area contributed by atoms with Crippen LogP contribution in [0.3, 0.4) is 0 Å². The summed E-state index contributed by atoms with van der Waals surface area (Å²) in [5, 5.41) is 2.88. The molecule has 0 bridgehead atoms. The summed E-state index contributed by atoms with van der Waals surface area (Å²) in [5.74, 6) is -0.348. The van der Waals surface area contributed by atoms with Crippen molar-refractivity contribution in [3.8, 4) is 0 Å². The Kier molecular flexibility index (Phi) is 5.52. The lowest BCUT2D eigenvalue weighted by atomic mass is 10.1. The number of nitrogens with two attached hydrogens (primary N) is 1. The maximum absolute atomic E-state index is 11.9. The summed E-state index contributed by atoms with van der Waals surface area (Å²) in [6, 6.07) is 5.93. The molecule has 0 unspecified atom stereocenters. The normalized spacial score (nSPS) is 12.2. The molecular weight excluding hydrogens is 302 g/mol. The largest absolute Gasteiger partial charge is 0.353 e. The third kappa shape index (κ3) is 5.09. The second-order valence-electron chi connectivity index (χ2n) is 4.83. The molecule has 6 nitrogen and oxygen atoms in total. The molecule has 0 spiro atoms. The standard InChI is InChI=1S/C12H18ClN3O3S/c1-12(2,14)11(17)15-6-7-16-20(18,19)10-5-3-4-9(13)8-10/h3-5,8,16H,6-7,14H2,1-2H3,(H,15,17). The minimum Gasteiger partial charge on any atom is -0.353 e. The van der Waals surface area contributed by atoms with Crippen LogP contribution in [0.4, 0.5) is 0 Å². The smallest absolute Gasteiger partial charge is 0.240 e. The molecule has 1 amide bonds. The minimum atomic E-state index is -3.63. The third-order valence-electron chi connectivity index (χ3n) is 2.39. The van der Waals surface area contributed by atoms with Gasteiger partial charge in [0.1, 0.15) is 0 Å². The van der Waals surface area contributed by atoms with Gasteiger partial charge in [0.2, 0.25) is 15.9 Å². The molecule has 1 rings (SSSR count). The molecule has 0 saturated heterocycles. The highest BCUT2D eigenvalue weighted by Crippen LogP contribution is 2.14. The van der Waals surface area contributed by atoms with Crippen molar-refractivity contribution >= 4 is 27.5 Å².